The SMILES string of the molecule is CCCCN=C(N)SCCN. The van der Waals surface area contributed by atoms with E-state index < -0.39 is 0 Å². The van der Waals surface area contributed by atoms with Gasteiger partial charge in [0.1, 0.15) is 0 Å². The maximum Gasteiger partial charge on any atom is 0.153 e. The van der Waals surface area contributed by atoms with Gasteiger partial charge in [0, 0.05) is 18.8 Å². The first-order chi connectivity index (χ1) is 5.31. The normalized spacial score (nSPS) is 12.0. The van der Waals surface area contributed by atoms with Gasteiger partial charge in [-0.15, -0.1) is 0 Å². The molecule has 0 radical (unpaired) electrons. The minimum absolute atomic E-state index is 0.661. The summed E-state index contributed by atoms with van der Waals surface area (Å²) in [6, 6.07) is 0. The number of amidine groups is 1. The minimum Gasteiger partial charge on any atom is -0.379 e. The fourth-order valence-electron chi connectivity index (χ4n) is 0.557. The van der Waals surface area contributed by atoms with Crippen molar-refractivity contribution in [1.29, 1.82) is 0 Å². The number of nitrogens with zero attached hydrogens (tertiary/aromatic N) is 1. The molecule has 0 aliphatic rings. The van der Waals surface area contributed by atoms with Crippen LogP contribution in [0.5, 0.6) is 0 Å². The van der Waals surface area contributed by atoms with Gasteiger partial charge in [0.15, 0.2) is 5.17 Å². The van der Waals surface area contributed by atoms with Gasteiger partial charge in [-0.05, 0) is 6.42 Å². The van der Waals surface area contributed by atoms with Crippen LogP contribution in [-0.4, -0.2) is 24.0 Å². The zero-order valence-corrected chi connectivity index (χ0v) is 7.86. The molecule has 3 nitrogen and oxygen atoms in total. The molecule has 0 aromatic heterocycles. The van der Waals surface area contributed by atoms with Gasteiger partial charge in [-0.3, -0.25) is 4.99 Å². The van der Waals surface area contributed by atoms with E-state index in [0.717, 1.165) is 18.7 Å². The molecule has 0 heterocycles. The molecule has 0 aromatic rings. The molecule has 0 bridgehead atoms. The summed E-state index contributed by atoms with van der Waals surface area (Å²) in [5.74, 6) is 0.863. The highest BCUT2D eigenvalue weighted by Gasteiger charge is 1.90. The summed E-state index contributed by atoms with van der Waals surface area (Å²) < 4.78 is 0. The van der Waals surface area contributed by atoms with Crippen LogP contribution in [0, 0.1) is 0 Å². The highest BCUT2D eigenvalue weighted by molar-refractivity contribution is 8.13. The van der Waals surface area contributed by atoms with Crippen LogP contribution in [0.2, 0.25) is 0 Å². The molecule has 66 valence electrons. The van der Waals surface area contributed by atoms with Crippen LogP contribution in [0.4, 0.5) is 0 Å². The third-order valence-corrected chi connectivity index (χ3v) is 2.01. The number of hydrogen-bond donors (Lipinski definition) is 2. The lowest BCUT2D eigenvalue weighted by Crippen LogP contribution is -2.11. The van der Waals surface area contributed by atoms with Crippen molar-refractivity contribution in [3.8, 4) is 0 Å². The summed E-state index contributed by atoms with van der Waals surface area (Å²) in [5, 5.41) is 0.670. The van der Waals surface area contributed by atoms with E-state index in [-0.39, 0.29) is 0 Å². The summed E-state index contributed by atoms with van der Waals surface area (Å²) in [4.78, 5) is 4.15. The molecular weight excluding hydrogens is 158 g/mol. The van der Waals surface area contributed by atoms with Gasteiger partial charge in [-0.1, -0.05) is 25.1 Å². The number of thioether (sulfide) groups is 1. The molecular formula is C7H17N3S. The van der Waals surface area contributed by atoms with Crippen molar-refractivity contribution in [2.45, 2.75) is 19.8 Å². The fraction of sp³-hybridized carbons (Fsp3) is 0.857. The minimum atomic E-state index is 0.661. The third-order valence-electron chi connectivity index (χ3n) is 1.15. The van der Waals surface area contributed by atoms with Gasteiger partial charge in [-0.25, -0.2) is 0 Å². The van der Waals surface area contributed by atoms with Crippen LogP contribution in [0.3, 0.4) is 0 Å². The maximum atomic E-state index is 5.56. The zero-order chi connectivity index (χ0) is 8.53. The summed E-state index contributed by atoms with van der Waals surface area (Å²) in [5.41, 5.74) is 10.9. The Morgan fingerprint density at radius 2 is 2.27 bits per heavy atom. The van der Waals surface area contributed by atoms with E-state index in [1.165, 1.54) is 18.2 Å². The van der Waals surface area contributed by atoms with Gasteiger partial charge in [-0.2, -0.15) is 0 Å². The molecule has 0 rings (SSSR count). The number of aliphatic imine (C=N–C) groups is 1. The van der Waals surface area contributed by atoms with Crippen LogP contribution in [0.15, 0.2) is 4.99 Å². The molecule has 11 heavy (non-hydrogen) atoms. The Hall–Kier alpha value is -0.220. The van der Waals surface area contributed by atoms with Gasteiger partial charge in [0.2, 0.25) is 0 Å². The van der Waals surface area contributed by atoms with Crippen LogP contribution in [0.1, 0.15) is 19.8 Å². The number of unbranched alkanes of at least 4 members (excludes halogenated alkanes) is 1. The van der Waals surface area contributed by atoms with E-state index in [4.69, 9.17) is 11.5 Å². The standard InChI is InChI=1S/C7H17N3S/c1-2-3-5-10-7(9)11-6-4-8/h2-6,8H2,1H3,(H2,9,10). The van der Waals surface area contributed by atoms with Crippen LogP contribution < -0.4 is 11.5 Å². The Bertz CT molecular complexity index is 114. The first kappa shape index (κ1) is 10.8. The fourth-order valence-corrected chi connectivity index (χ4v) is 1.07. The number of nitrogens with two attached hydrogens (primary N) is 2. The lowest BCUT2D eigenvalue weighted by atomic mass is 10.3. The van der Waals surface area contributed by atoms with E-state index in [2.05, 4.69) is 11.9 Å². The van der Waals surface area contributed by atoms with Crippen molar-refractivity contribution in [3.05, 3.63) is 0 Å². The molecule has 0 fully saturated rings. The highest BCUT2D eigenvalue weighted by Crippen LogP contribution is 1.98. The third kappa shape index (κ3) is 7.68. The lowest BCUT2D eigenvalue weighted by Gasteiger charge is -1.97. The highest BCUT2D eigenvalue weighted by atomic mass is 32.2. The predicted molar refractivity (Wildman–Crippen MR) is 52.9 cm³/mol. The molecule has 4 heteroatoms. The van der Waals surface area contributed by atoms with E-state index >= 15 is 0 Å². The molecule has 0 amide bonds. The van der Waals surface area contributed by atoms with E-state index in [1.807, 2.05) is 0 Å². The number of hydrogen-bond acceptors (Lipinski definition) is 3. The Morgan fingerprint density at radius 1 is 1.55 bits per heavy atom. The topological polar surface area (TPSA) is 64.4 Å². The molecule has 0 atom stereocenters. The average Bonchev–Trinajstić information content (AvgIpc) is 2.01. The molecule has 0 aliphatic carbocycles. The molecule has 4 N–H and O–H groups in total. The maximum absolute atomic E-state index is 5.56. The lowest BCUT2D eigenvalue weighted by molar-refractivity contribution is 0.809. The van der Waals surface area contributed by atoms with Crippen molar-refractivity contribution in [2.75, 3.05) is 18.8 Å². The molecule has 0 aliphatic heterocycles. The smallest absolute Gasteiger partial charge is 0.153 e. The number of rotatable bonds is 5. The summed E-state index contributed by atoms with van der Waals surface area (Å²) in [7, 11) is 0. The monoisotopic (exact) mass is 175 g/mol. The second-order valence-corrected chi connectivity index (χ2v) is 3.33. The second-order valence-electron chi connectivity index (χ2n) is 2.21. The van der Waals surface area contributed by atoms with E-state index in [1.54, 1.807) is 0 Å². The molecule has 0 spiro atoms. The molecule has 0 unspecified atom stereocenters. The average molecular weight is 175 g/mol. The zero-order valence-electron chi connectivity index (χ0n) is 7.05. The molecule has 0 saturated heterocycles. The molecule has 0 saturated carbocycles. The first-order valence-electron chi connectivity index (χ1n) is 3.94. The van der Waals surface area contributed by atoms with Crippen molar-refractivity contribution in [3.63, 3.8) is 0 Å². The van der Waals surface area contributed by atoms with Gasteiger partial charge in [0.05, 0.1) is 0 Å². The van der Waals surface area contributed by atoms with Crippen molar-refractivity contribution < 1.29 is 0 Å². The Balaban J connectivity index is 3.30. The Morgan fingerprint density at radius 3 is 2.82 bits per heavy atom. The van der Waals surface area contributed by atoms with Crippen LogP contribution >= 0.6 is 11.8 Å². The summed E-state index contributed by atoms with van der Waals surface area (Å²) in [6.45, 7) is 3.65. The van der Waals surface area contributed by atoms with Gasteiger partial charge >= 0.3 is 0 Å². The quantitative estimate of drug-likeness (QED) is 0.369. The summed E-state index contributed by atoms with van der Waals surface area (Å²) >= 11 is 1.53. The summed E-state index contributed by atoms with van der Waals surface area (Å²) in [6.07, 6.45) is 2.28. The van der Waals surface area contributed by atoms with Crippen molar-refractivity contribution >= 4 is 16.9 Å². The van der Waals surface area contributed by atoms with Gasteiger partial charge < -0.3 is 11.5 Å². The van der Waals surface area contributed by atoms with E-state index in [9.17, 15) is 0 Å². The second kappa shape index (κ2) is 7.88. The van der Waals surface area contributed by atoms with Crippen molar-refractivity contribution in [1.82, 2.24) is 0 Å². The predicted octanol–water partition coefficient (Wildman–Crippen LogP) is 0.793. The molecule has 0 aromatic carbocycles. The largest absolute Gasteiger partial charge is 0.379 e. The van der Waals surface area contributed by atoms with Crippen molar-refractivity contribution in [2.24, 2.45) is 16.5 Å². The Labute approximate surface area is 72.6 Å². The van der Waals surface area contributed by atoms with E-state index in [0.29, 0.717) is 11.7 Å². The van der Waals surface area contributed by atoms with Gasteiger partial charge in [0.25, 0.3) is 0 Å². The Kier molecular flexibility index (Phi) is 7.72. The van der Waals surface area contributed by atoms with Crippen LogP contribution in [0.25, 0.3) is 0 Å². The van der Waals surface area contributed by atoms with Crippen LogP contribution in [-0.2, 0) is 0 Å². The first-order valence-corrected chi connectivity index (χ1v) is 4.92.